The maximum absolute atomic E-state index is 11.9. The predicted molar refractivity (Wildman–Crippen MR) is 261 cm³/mol. The second-order valence-corrected chi connectivity index (χ2v) is 18.9. The van der Waals surface area contributed by atoms with E-state index in [4.69, 9.17) is 4.74 Å². The Morgan fingerprint density at radius 2 is 0.517 bits per heavy atom. The molecule has 1 N–H and O–H groups in total. The van der Waals surface area contributed by atoms with Crippen LogP contribution in [0.15, 0.2) is 0 Å². The van der Waals surface area contributed by atoms with E-state index in [-0.39, 0.29) is 6.09 Å². The van der Waals surface area contributed by atoms with Gasteiger partial charge in [0.05, 0.1) is 6.61 Å². The van der Waals surface area contributed by atoms with E-state index in [9.17, 15) is 4.79 Å². The second kappa shape index (κ2) is 54.3. The Morgan fingerprint density at radius 1 is 0.310 bits per heavy atom. The Kier molecular flexibility index (Phi) is 53.6. The summed E-state index contributed by atoms with van der Waals surface area (Å²) in [7, 11) is 0. The van der Waals surface area contributed by atoms with Crippen LogP contribution in [0.5, 0.6) is 0 Å². The third-order valence-corrected chi connectivity index (χ3v) is 12.9. The molecule has 0 aliphatic rings. The fraction of sp³-hybridized carbons (Fsp3) is 0.964. The van der Waals surface area contributed by atoms with Crippen molar-refractivity contribution in [1.29, 1.82) is 0 Å². The molecule has 3 heteroatoms. The number of ether oxygens (including phenoxy) is 1. The van der Waals surface area contributed by atoms with Crippen molar-refractivity contribution in [1.82, 2.24) is 5.32 Å². The van der Waals surface area contributed by atoms with Crippen molar-refractivity contribution < 1.29 is 9.53 Å². The van der Waals surface area contributed by atoms with E-state index in [1.54, 1.807) is 0 Å². The van der Waals surface area contributed by atoms with Gasteiger partial charge in [-0.25, -0.2) is 4.79 Å². The third-order valence-electron chi connectivity index (χ3n) is 12.9. The average molecular weight is 817 g/mol. The summed E-state index contributed by atoms with van der Waals surface area (Å²) in [5, 5.41) is 2.95. The number of hydrogen-bond donors (Lipinski definition) is 1. The van der Waals surface area contributed by atoms with Crippen LogP contribution in [0.3, 0.4) is 0 Å². The second-order valence-electron chi connectivity index (χ2n) is 18.9. The summed E-state index contributed by atoms with van der Waals surface area (Å²) < 4.78 is 5.39. The number of unbranched alkanes of at least 4 members (excludes halogenated alkanes) is 48. The van der Waals surface area contributed by atoms with Crippen molar-refractivity contribution in [2.75, 3.05) is 13.2 Å². The van der Waals surface area contributed by atoms with E-state index in [0.29, 0.717) is 6.61 Å². The minimum Gasteiger partial charge on any atom is -0.450 e. The van der Waals surface area contributed by atoms with E-state index in [0.717, 1.165) is 25.8 Å². The maximum atomic E-state index is 11.9. The summed E-state index contributed by atoms with van der Waals surface area (Å²) >= 11 is 0. The van der Waals surface area contributed by atoms with Gasteiger partial charge >= 0.3 is 6.09 Å². The molecular formula is C55H110NO2. The molecule has 0 aromatic carbocycles. The molecule has 0 fully saturated rings. The molecule has 0 aliphatic heterocycles. The van der Waals surface area contributed by atoms with E-state index in [2.05, 4.69) is 19.2 Å². The molecule has 0 aliphatic carbocycles. The third kappa shape index (κ3) is 53.3. The standard InChI is InChI=1S/C55H110NO2/c1-3-5-7-9-11-13-15-17-19-21-22-23-24-25-26-27-28-29-30-31-32-33-34-35-36-37-38-40-42-44-46-48-50-52-54-58-55(57)56-53-51-49-47-45-43-41-39-20-18-16-14-12-10-8-6-4-2/h1,3-54H2,2H3,(H,56,57). The minimum absolute atomic E-state index is 0.216. The normalized spacial score (nSPS) is 11.5. The highest BCUT2D eigenvalue weighted by Crippen LogP contribution is 2.18. The summed E-state index contributed by atoms with van der Waals surface area (Å²) in [6, 6.07) is 0. The average Bonchev–Trinajstić information content (AvgIpc) is 3.23. The smallest absolute Gasteiger partial charge is 0.407 e. The number of alkyl carbamates (subject to hydrolysis) is 1. The number of carbonyl (C=O) groups excluding carboxylic acids is 1. The van der Waals surface area contributed by atoms with Crippen LogP contribution >= 0.6 is 0 Å². The van der Waals surface area contributed by atoms with Crippen molar-refractivity contribution in [3.8, 4) is 0 Å². The van der Waals surface area contributed by atoms with Gasteiger partial charge in [0.25, 0.3) is 0 Å². The van der Waals surface area contributed by atoms with Crippen LogP contribution in [-0.4, -0.2) is 19.2 Å². The van der Waals surface area contributed by atoms with E-state index in [1.165, 1.54) is 302 Å². The van der Waals surface area contributed by atoms with Gasteiger partial charge in [-0.1, -0.05) is 322 Å². The number of rotatable bonds is 52. The molecule has 0 saturated heterocycles. The highest BCUT2D eigenvalue weighted by atomic mass is 16.5. The Labute approximate surface area is 367 Å². The van der Waals surface area contributed by atoms with Crippen molar-refractivity contribution in [3.63, 3.8) is 0 Å². The van der Waals surface area contributed by atoms with E-state index >= 15 is 0 Å². The first-order valence-corrected chi connectivity index (χ1v) is 27.5. The lowest BCUT2D eigenvalue weighted by molar-refractivity contribution is 0.143. The molecule has 1 radical (unpaired) electrons. The number of hydrogen-bond acceptors (Lipinski definition) is 2. The highest BCUT2D eigenvalue weighted by molar-refractivity contribution is 5.66. The van der Waals surface area contributed by atoms with Gasteiger partial charge in [-0.05, 0) is 12.8 Å². The molecule has 1 amide bonds. The Morgan fingerprint density at radius 3 is 0.759 bits per heavy atom. The summed E-state index contributed by atoms with van der Waals surface area (Å²) in [6.45, 7) is 7.56. The van der Waals surface area contributed by atoms with Gasteiger partial charge in [0.2, 0.25) is 0 Å². The van der Waals surface area contributed by atoms with Gasteiger partial charge in [0.1, 0.15) is 0 Å². The molecule has 0 bridgehead atoms. The molecule has 3 nitrogen and oxygen atoms in total. The van der Waals surface area contributed by atoms with Crippen LogP contribution in [-0.2, 0) is 4.74 Å². The van der Waals surface area contributed by atoms with Crippen LogP contribution < -0.4 is 5.32 Å². The SMILES string of the molecule is [CH2]CCCCCCCCCCCCCCCCCCCCCCCCCCCCCCCCCCCOC(=O)NCCCCCCCCCCCCCCCCCC. The monoisotopic (exact) mass is 817 g/mol. The molecule has 0 aromatic heterocycles. The molecule has 0 atom stereocenters. The van der Waals surface area contributed by atoms with Crippen LogP contribution in [0.4, 0.5) is 4.79 Å². The van der Waals surface area contributed by atoms with Crippen LogP contribution in [0.2, 0.25) is 0 Å². The van der Waals surface area contributed by atoms with Crippen molar-refractivity contribution in [2.45, 2.75) is 328 Å². The fourth-order valence-electron chi connectivity index (χ4n) is 8.84. The molecule has 0 spiro atoms. The van der Waals surface area contributed by atoms with Gasteiger partial charge in [-0.3, -0.25) is 0 Å². The zero-order chi connectivity index (χ0) is 41.8. The summed E-state index contributed by atoms with van der Waals surface area (Å²) in [5.74, 6) is 0. The van der Waals surface area contributed by atoms with Gasteiger partial charge < -0.3 is 10.1 Å². The Bertz CT molecular complexity index is 725. The molecule has 0 saturated carbocycles. The van der Waals surface area contributed by atoms with Crippen LogP contribution in [0.1, 0.15) is 328 Å². The summed E-state index contributed by atoms with van der Waals surface area (Å²) in [6.07, 6.45) is 69.8. The minimum atomic E-state index is -0.216. The first-order chi connectivity index (χ1) is 28.8. The predicted octanol–water partition coefficient (Wildman–Crippen LogP) is 20.1. The number of nitrogens with one attached hydrogen (secondary N) is 1. The largest absolute Gasteiger partial charge is 0.450 e. The molecule has 58 heavy (non-hydrogen) atoms. The molecule has 347 valence electrons. The first kappa shape index (κ1) is 57.3. The highest BCUT2D eigenvalue weighted by Gasteiger charge is 2.02. The molecule has 0 unspecified atom stereocenters. The van der Waals surface area contributed by atoms with E-state index < -0.39 is 0 Å². The molecule has 0 rings (SSSR count). The summed E-state index contributed by atoms with van der Waals surface area (Å²) in [4.78, 5) is 11.9. The zero-order valence-corrected chi connectivity index (χ0v) is 40.3. The van der Waals surface area contributed by atoms with Gasteiger partial charge in [-0.2, -0.15) is 0 Å². The lowest BCUT2D eigenvalue weighted by Crippen LogP contribution is -2.25. The molecule has 0 aromatic rings. The maximum Gasteiger partial charge on any atom is 0.407 e. The molecule has 0 heterocycles. The van der Waals surface area contributed by atoms with Gasteiger partial charge in [-0.15, -0.1) is 0 Å². The van der Waals surface area contributed by atoms with Crippen molar-refractivity contribution >= 4 is 6.09 Å². The Balaban J connectivity index is 3.13. The van der Waals surface area contributed by atoms with E-state index in [1.807, 2.05) is 0 Å². The van der Waals surface area contributed by atoms with Gasteiger partial charge in [0.15, 0.2) is 0 Å². The van der Waals surface area contributed by atoms with Crippen molar-refractivity contribution in [2.24, 2.45) is 0 Å². The van der Waals surface area contributed by atoms with Crippen LogP contribution in [0, 0.1) is 6.92 Å². The van der Waals surface area contributed by atoms with Gasteiger partial charge in [0, 0.05) is 6.54 Å². The van der Waals surface area contributed by atoms with Crippen molar-refractivity contribution in [3.05, 3.63) is 6.92 Å². The lowest BCUT2D eigenvalue weighted by Gasteiger charge is -2.07. The quantitative estimate of drug-likeness (QED) is 0.0621. The Hall–Kier alpha value is -0.730. The first-order valence-electron chi connectivity index (χ1n) is 27.5. The topological polar surface area (TPSA) is 38.3 Å². The lowest BCUT2D eigenvalue weighted by atomic mass is 10.0. The number of amides is 1. The fourth-order valence-corrected chi connectivity index (χ4v) is 8.84. The summed E-state index contributed by atoms with van der Waals surface area (Å²) in [5.41, 5.74) is 0. The van der Waals surface area contributed by atoms with Crippen LogP contribution in [0.25, 0.3) is 0 Å². The number of carbonyl (C=O) groups is 1. The molecular weight excluding hydrogens is 707 g/mol. The zero-order valence-electron chi connectivity index (χ0n) is 40.3.